The maximum atomic E-state index is 10.9. The van der Waals surface area contributed by atoms with Gasteiger partial charge < -0.3 is 9.84 Å². The number of aliphatic hydroxyl groups is 1. The van der Waals surface area contributed by atoms with Crippen LogP contribution in [0, 0.1) is 0 Å². The number of carbonyl (C=O) groups excluding carboxylic acids is 2. The Labute approximate surface area is 87.3 Å². The van der Waals surface area contributed by atoms with Crippen LogP contribution in [0.15, 0.2) is 12.2 Å². The summed E-state index contributed by atoms with van der Waals surface area (Å²) in [6.45, 7) is 6.23. The Hall–Kier alpha value is -0.810. The lowest BCUT2D eigenvalue weighted by Crippen LogP contribution is -2.21. The molecule has 0 spiro atoms. The van der Waals surface area contributed by atoms with E-state index in [-0.39, 0.29) is 23.0 Å². The van der Waals surface area contributed by atoms with E-state index in [1.807, 2.05) is 0 Å². The average molecular weight is 218 g/mol. The predicted molar refractivity (Wildman–Crippen MR) is 54.9 cm³/mol. The Balaban J connectivity index is 3.63. The molecular formula is C9H14O4S. The topological polar surface area (TPSA) is 63.6 Å². The zero-order valence-electron chi connectivity index (χ0n) is 8.28. The molecule has 14 heavy (non-hydrogen) atoms. The molecule has 1 atom stereocenters. The largest absolute Gasteiger partial charge is 0.460 e. The van der Waals surface area contributed by atoms with E-state index in [0.29, 0.717) is 0 Å². The molecule has 0 amide bonds. The fraction of sp³-hybridized carbons (Fsp3) is 0.556. The molecule has 0 aliphatic carbocycles. The fourth-order valence-corrected chi connectivity index (χ4v) is 1.08. The number of rotatable bonds is 5. The van der Waals surface area contributed by atoms with Gasteiger partial charge in [-0.05, 0) is 6.92 Å². The molecule has 0 aliphatic heterocycles. The van der Waals surface area contributed by atoms with Gasteiger partial charge in [-0.2, -0.15) is 0 Å². The van der Waals surface area contributed by atoms with Gasteiger partial charge >= 0.3 is 5.97 Å². The van der Waals surface area contributed by atoms with Crippen molar-refractivity contribution in [3.05, 3.63) is 12.2 Å². The Morgan fingerprint density at radius 1 is 1.50 bits per heavy atom. The zero-order valence-corrected chi connectivity index (χ0v) is 9.10. The van der Waals surface area contributed by atoms with Crippen LogP contribution in [-0.4, -0.2) is 34.7 Å². The molecule has 0 heterocycles. The van der Waals surface area contributed by atoms with Crippen LogP contribution in [-0.2, 0) is 14.3 Å². The molecule has 0 saturated carbocycles. The third kappa shape index (κ3) is 6.68. The molecule has 0 fully saturated rings. The van der Waals surface area contributed by atoms with Crippen molar-refractivity contribution in [2.75, 3.05) is 12.4 Å². The summed E-state index contributed by atoms with van der Waals surface area (Å²) in [7, 11) is 0. The standard InChI is InChI=1S/C9H14O4S/c1-6(2)9(12)13-4-8(11)5-14-7(3)10/h8,11H,1,4-5H2,2-3H3. The van der Waals surface area contributed by atoms with Gasteiger partial charge in [-0.25, -0.2) is 4.79 Å². The highest BCUT2D eigenvalue weighted by atomic mass is 32.2. The summed E-state index contributed by atoms with van der Waals surface area (Å²) < 4.78 is 4.68. The average Bonchev–Trinajstić information content (AvgIpc) is 2.10. The second kappa shape index (κ2) is 6.62. The maximum Gasteiger partial charge on any atom is 0.333 e. The quantitative estimate of drug-likeness (QED) is 0.545. The molecule has 0 saturated heterocycles. The first-order valence-electron chi connectivity index (χ1n) is 4.07. The third-order valence-corrected chi connectivity index (χ3v) is 2.19. The molecule has 0 bridgehead atoms. The first-order chi connectivity index (χ1) is 6.43. The molecule has 0 aromatic rings. The number of carbonyl (C=O) groups is 2. The van der Waals surface area contributed by atoms with Gasteiger partial charge in [0.05, 0.1) is 6.10 Å². The van der Waals surface area contributed by atoms with Crippen molar-refractivity contribution >= 4 is 22.8 Å². The van der Waals surface area contributed by atoms with E-state index in [9.17, 15) is 14.7 Å². The number of hydrogen-bond donors (Lipinski definition) is 1. The van der Waals surface area contributed by atoms with E-state index in [1.165, 1.54) is 13.8 Å². The third-order valence-electron chi connectivity index (χ3n) is 1.23. The lowest BCUT2D eigenvalue weighted by molar-refractivity contribution is -0.141. The van der Waals surface area contributed by atoms with Crippen molar-refractivity contribution in [3.63, 3.8) is 0 Å². The Morgan fingerprint density at radius 2 is 2.07 bits per heavy atom. The van der Waals surface area contributed by atoms with Crippen molar-refractivity contribution in [1.82, 2.24) is 0 Å². The van der Waals surface area contributed by atoms with Crippen LogP contribution in [0.3, 0.4) is 0 Å². The molecule has 1 N–H and O–H groups in total. The van der Waals surface area contributed by atoms with Crippen molar-refractivity contribution in [2.24, 2.45) is 0 Å². The van der Waals surface area contributed by atoms with Crippen LogP contribution >= 0.6 is 11.8 Å². The predicted octanol–water partition coefficient (Wildman–Crippen LogP) is 0.746. The van der Waals surface area contributed by atoms with Gasteiger partial charge in [-0.3, -0.25) is 4.79 Å². The van der Waals surface area contributed by atoms with E-state index in [0.717, 1.165) is 11.8 Å². The number of esters is 1. The van der Waals surface area contributed by atoms with E-state index in [2.05, 4.69) is 11.3 Å². The lowest BCUT2D eigenvalue weighted by Gasteiger charge is -2.09. The van der Waals surface area contributed by atoms with Crippen LogP contribution in [0.2, 0.25) is 0 Å². The number of ether oxygens (including phenoxy) is 1. The van der Waals surface area contributed by atoms with E-state index in [1.54, 1.807) is 0 Å². The molecule has 4 nitrogen and oxygen atoms in total. The van der Waals surface area contributed by atoms with Crippen LogP contribution in [0.1, 0.15) is 13.8 Å². The molecule has 0 radical (unpaired) electrons. The van der Waals surface area contributed by atoms with Gasteiger partial charge in [0.1, 0.15) is 6.61 Å². The van der Waals surface area contributed by atoms with Crippen molar-refractivity contribution in [1.29, 1.82) is 0 Å². The van der Waals surface area contributed by atoms with Gasteiger partial charge in [-0.15, -0.1) is 0 Å². The summed E-state index contributed by atoms with van der Waals surface area (Å²) in [5.74, 6) is -0.296. The number of aliphatic hydroxyl groups excluding tert-OH is 1. The van der Waals surface area contributed by atoms with Gasteiger partial charge in [0, 0.05) is 18.2 Å². The van der Waals surface area contributed by atoms with Crippen LogP contribution in [0.4, 0.5) is 0 Å². The fourth-order valence-electron chi connectivity index (χ4n) is 0.557. The number of thioether (sulfide) groups is 1. The smallest absolute Gasteiger partial charge is 0.333 e. The molecule has 0 aliphatic rings. The minimum atomic E-state index is -0.813. The molecule has 0 aromatic heterocycles. The molecule has 0 aromatic carbocycles. The summed E-state index contributed by atoms with van der Waals surface area (Å²) in [5.41, 5.74) is 0.288. The van der Waals surface area contributed by atoms with Crippen LogP contribution < -0.4 is 0 Å². The molecule has 5 heteroatoms. The highest BCUT2D eigenvalue weighted by molar-refractivity contribution is 8.13. The first kappa shape index (κ1) is 13.2. The van der Waals surface area contributed by atoms with E-state index >= 15 is 0 Å². The summed E-state index contributed by atoms with van der Waals surface area (Å²) in [6, 6.07) is 0. The Kier molecular flexibility index (Phi) is 6.23. The Bertz CT molecular complexity index is 237. The molecular weight excluding hydrogens is 204 g/mol. The lowest BCUT2D eigenvalue weighted by atomic mass is 10.3. The highest BCUT2D eigenvalue weighted by Crippen LogP contribution is 2.04. The minimum absolute atomic E-state index is 0.0738. The molecule has 80 valence electrons. The van der Waals surface area contributed by atoms with Crippen LogP contribution in [0.5, 0.6) is 0 Å². The van der Waals surface area contributed by atoms with Gasteiger partial charge in [-0.1, -0.05) is 18.3 Å². The van der Waals surface area contributed by atoms with Gasteiger partial charge in [0.15, 0.2) is 5.12 Å². The van der Waals surface area contributed by atoms with E-state index < -0.39 is 12.1 Å². The summed E-state index contributed by atoms with van der Waals surface area (Å²) >= 11 is 0.997. The normalized spacial score (nSPS) is 11.9. The second-order valence-electron chi connectivity index (χ2n) is 2.84. The summed E-state index contributed by atoms with van der Waals surface area (Å²) in [4.78, 5) is 21.4. The maximum absolute atomic E-state index is 10.9. The molecule has 1 unspecified atom stereocenters. The van der Waals surface area contributed by atoms with Gasteiger partial charge in [0.25, 0.3) is 0 Å². The Morgan fingerprint density at radius 3 is 2.50 bits per heavy atom. The van der Waals surface area contributed by atoms with Gasteiger partial charge in [0.2, 0.25) is 0 Å². The summed E-state index contributed by atoms with van der Waals surface area (Å²) in [6.07, 6.45) is -0.813. The molecule has 0 rings (SSSR count). The van der Waals surface area contributed by atoms with Crippen molar-refractivity contribution in [3.8, 4) is 0 Å². The highest BCUT2D eigenvalue weighted by Gasteiger charge is 2.10. The van der Waals surface area contributed by atoms with Crippen LogP contribution in [0.25, 0.3) is 0 Å². The second-order valence-corrected chi connectivity index (χ2v) is 4.03. The first-order valence-corrected chi connectivity index (χ1v) is 5.06. The number of hydrogen-bond acceptors (Lipinski definition) is 5. The minimum Gasteiger partial charge on any atom is -0.460 e. The van der Waals surface area contributed by atoms with E-state index in [4.69, 9.17) is 0 Å². The summed E-state index contributed by atoms with van der Waals surface area (Å²) in [5, 5.41) is 9.17. The van der Waals surface area contributed by atoms with Crippen molar-refractivity contribution in [2.45, 2.75) is 20.0 Å². The monoisotopic (exact) mass is 218 g/mol. The van der Waals surface area contributed by atoms with Crippen molar-refractivity contribution < 1.29 is 19.4 Å². The SMILES string of the molecule is C=C(C)C(=O)OCC(O)CSC(C)=O. The zero-order chi connectivity index (χ0) is 11.1.